The van der Waals surface area contributed by atoms with E-state index in [1.807, 2.05) is 4.90 Å². The third kappa shape index (κ3) is 5.20. The number of ether oxygens (including phenoxy) is 1. The minimum atomic E-state index is -3.75. The lowest BCUT2D eigenvalue weighted by Gasteiger charge is -2.31. The average Bonchev–Trinajstić information content (AvgIpc) is 2.53. The summed E-state index contributed by atoms with van der Waals surface area (Å²) >= 11 is 0. The average molecular weight is 354 g/mol. The van der Waals surface area contributed by atoms with Crippen LogP contribution in [-0.2, 0) is 14.8 Å². The van der Waals surface area contributed by atoms with E-state index in [-0.39, 0.29) is 16.8 Å². The van der Waals surface area contributed by atoms with Crippen molar-refractivity contribution in [3.8, 4) is 5.75 Å². The highest BCUT2D eigenvalue weighted by molar-refractivity contribution is 7.89. The first kappa shape index (κ1) is 18.2. The largest absolute Gasteiger partial charge is 0.427 e. The fourth-order valence-corrected chi connectivity index (χ4v) is 3.18. The molecule has 1 saturated heterocycles. The van der Waals surface area contributed by atoms with Gasteiger partial charge in [-0.3, -0.25) is 10.2 Å². The Morgan fingerprint density at radius 3 is 2.33 bits per heavy atom. The normalized spacial score (nSPS) is 16.0. The molecule has 0 radical (unpaired) electrons. The molecule has 0 atom stereocenters. The van der Waals surface area contributed by atoms with Crippen molar-refractivity contribution in [1.29, 1.82) is 5.41 Å². The second kappa shape index (κ2) is 7.63. The van der Waals surface area contributed by atoms with Gasteiger partial charge in [-0.1, -0.05) is 0 Å². The Labute approximate surface area is 141 Å². The van der Waals surface area contributed by atoms with Crippen LogP contribution in [0, 0.1) is 11.3 Å². The maximum Gasteiger partial charge on any atom is 0.311 e. The minimum absolute atomic E-state index is 0.0282. The number of nitrogens with one attached hydrogen (secondary N) is 1. The van der Waals surface area contributed by atoms with Gasteiger partial charge in [0.25, 0.3) is 0 Å². The number of carbonyl (C=O) groups is 1. The second-order valence-corrected chi connectivity index (χ2v) is 7.41. The van der Waals surface area contributed by atoms with Crippen LogP contribution in [-0.4, -0.2) is 38.3 Å². The van der Waals surface area contributed by atoms with E-state index in [0.717, 1.165) is 32.4 Å². The fourth-order valence-electron chi connectivity index (χ4n) is 2.66. The summed E-state index contributed by atoms with van der Waals surface area (Å²) in [6.45, 7) is 1.48. The summed E-state index contributed by atoms with van der Waals surface area (Å²) in [7, 11) is -3.75. The van der Waals surface area contributed by atoms with Crippen LogP contribution in [0.1, 0.15) is 25.7 Å². The SMILES string of the molecule is N=C(N)N1CCC(CCC(=O)Oc2ccc(S(N)(=O)=O)cc2)CC1. The zero-order valence-corrected chi connectivity index (χ0v) is 14.1. The van der Waals surface area contributed by atoms with E-state index in [9.17, 15) is 13.2 Å². The summed E-state index contributed by atoms with van der Waals surface area (Å²) < 4.78 is 27.5. The predicted molar refractivity (Wildman–Crippen MR) is 88.9 cm³/mol. The molecule has 1 aliphatic heterocycles. The van der Waals surface area contributed by atoms with Gasteiger partial charge in [0.05, 0.1) is 4.90 Å². The van der Waals surface area contributed by atoms with Gasteiger partial charge in [-0.2, -0.15) is 0 Å². The molecule has 24 heavy (non-hydrogen) atoms. The number of esters is 1. The topological polar surface area (TPSA) is 140 Å². The van der Waals surface area contributed by atoms with Crippen LogP contribution in [0.15, 0.2) is 29.2 Å². The van der Waals surface area contributed by atoms with Crippen LogP contribution in [0.4, 0.5) is 0 Å². The van der Waals surface area contributed by atoms with Gasteiger partial charge in [0, 0.05) is 19.5 Å². The second-order valence-electron chi connectivity index (χ2n) is 5.84. The number of carbonyl (C=O) groups excluding carboxylic acids is 1. The van der Waals surface area contributed by atoms with Crippen molar-refractivity contribution in [3.63, 3.8) is 0 Å². The first-order valence-electron chi connectivity index (χ1n) is 7.68. The van der Waals surface area contributed by atoms with E-state index in [1.165, 1.54) is 24.3 Å². The van der Waals surface area contributed by atoms with Crippen LogP contribution in [0.25, 0.3) is 0 Å². The van der Waals surface area contributed by atoms with Gasteiger partial charge in [-0.15, -0.1) is 0 Å². The number of benzene rings is 1. The number of primary sulfonamides is 1. The molecule has 0 amide bonds. The zero-order valence-electron chi connectivity index (χ0n) is 13.3. The summed E-state index contributed by atoms with van der Waals surface area (Å²) in [4.78, 5) is 13.7. The Morgan fingerprint density at radius 2 is 1.83 bits per heavy atom. The summed E-state index contributed by atoms with van der Waals surface area (Å²) in [6.07, 6.45) is 2.81. The highest BCUT2D eigenvalue weighted by Crippen LogP contribution is 2.22. The number of likely N-dealkylation sites (tertiary alicyclic amines) is 1. The highest BCUT2D eigenvalue weighted by Gasteiger charge is 2.21. The lowest BCUT2D eigenvalue weighted by molar-refractivity contribution is -0.134. The van der Waals surface area contributed by atoms with Crippen LogP contribution >= 0.6 is 0 Å². The van der Waals surface area contributed by atoms with E-state index >= 15 is 0 Å². The number of hydrogen-bond donors (Lipinski definition) is 3. The van der Waals surface area contributed by atoms with Crippen molar-refractivity contribution < 1.29 is 17.9 Å². The molecule has 0 spiro atoms. The molecule has 132 valence electrons. The number of guanidine groups is 1. The van der Waals surface area contributed by atoms with Gasteiger partial charge in [0.1, 0.15) is 5.75 Å². The minimum Gasteiger partial charge on any atom is -0.427 e. The highest BCUT2D eigenvalue weighted by atomic mass is 32.2. The van der Waals surface area contributed by atoms with Crippen LogP contribution < -0.4 is 15.6 Å². The molecule has 9 heteroatoms. The molecule has 8 nitrogen and oxygen atoms in total. The molecule has 0 aliphatic carbocycles. The van der Waals surface area contributed by atoms with E-state index in [1.54, 1.807) is 0 Å². The third-order valence-electron chi connectivity index (χ3n) is 4.10. The maximum absolute atomic E-state index is 11.9. The van der Waals surface area contributed by atoms with Crippen LogP contribution in [0.5, 0.6) is 5.75 Å². The van der Waals surface area contributed by atoms with E-state index in [4.69, 9.17) is 21.0 Å². The maximum atomic E-state index is 11.9. The van der Waals surface area contributed by atoms with Gasteiger partial charge in [0.15, 0.2) is 5.96 Å². The molecule has 1 aromatic rings. The van der Waals surface area contributed by atoms with Gasteiger partial charge < -0.3 is 15.4 Å². The van der Waals surface area contributed by atoms with Crippen molar-refractivity contribution in [2.45, 2.75) is 30.6 Å². The van der Waals surface area contributed by atoms with Crippen molar-refractivity contribution >= 4 is 22.0 Å². The molecule has 1 aliphatic rings. The van der Waals surface area contributed by atoms with Gasteiger partial charge in [-0.25, -0.2) is 13.6 Å². The molecule has 5 N–H and O–H groups in total. The van der Waals surface area contributed by atoms with E-state index in [0.29, 0.717) is 18.1 Å². The summed E-state index contributed by atoms with van der Waals surface area (Å²) in [6, 6.07) is 5.41. The number of hydrogen-bond acceptors (Lipinski definition) is 5. The molecule has 0 aromatic heterocycles. The van der Waals surface area contributed by atoms with Crippen molar-refractivity contribution in [3.05, 3.63) is 24.3 Å². The lowest BCUT2D eigenvalue weighted by Crippen LogP contribution is -2.42. The van der Waals surface area contributed by atoms with E-state index < -0.39 is 10.0 Å². The number of piperidine rings is 1. The molecule has 0 unspecified atom stereocenters. The smallest absolute Gasteiger partial charge is 0.311 e. The van der Waals surface area contributed by atoms with Crippen molar-refractivity contribution in [2.75, 3.05) is 13.1 Å². The summed E-state index contributed by atoms with van der Waals surface area (Å²) in [5.74, 6) is 0.444. The predicted octanol–water partition coefficient (Wildman–Crippen LogP) is 0.625. The number of nitrogens with two attached hydrogens (primary N) is 2. The standard InChI is InChI=1S/C15H22N4O4S/c16-15(17)19-9-7-11(8-10-19)1-6-14(20)23-12-2-4-13(5-3-12)24(18,21)22/h2-5,11H,1,6-10H2,(H3,16,17)(H2,18,21,22). The molecule has 2 rings (SSSR count). The fraction of sp³-hybridized carbons (Fsp3) is 0.467. The van der Waals surface area contributed by atoms with Gasteiger partial charge in [-0.05, 0) is 49.4 Å². The number of rotatable bonds is 5. The van der Waals surface area contributed by atoms with Crippen molar-refractivity contribution in [2.24, 2.45) is 16.8 Å². The quantitative estimate of drug-likeness (QED) is 0.306. The Bertz CT molecular complexity index is 695. The van der Waals surface area contributed by atoms with Crippen molar-refractivity contribution in [1.82, 2.24) is 4.90 Å². The summed E-state index contributed by atoms with van der Waals surface area (Å²) in [5.41, 5.74) is 5.45. The molecular weight excluding hydrogens is 332 g/mol. The molecule has 0 bridgehead atoms. The Hall–Kier alpha value is -2.13. The summed E-state index contributed by atoms with van der Waals surface area (Å²) in [5, 5.41) is 12.4. The Kier molecular flexibility index (Phi) is 5.79. The zero-order chi connectivity index (χ0) is 17.7. The Balaban J connectivity index is 1.77. The number of nitrogens with zero attached hydrogens (tertiary/aromatic N) is 1. The number of sulfonamides is 1. The lowest BCUT2D eigenvalue weighted by atomic mass is 9.92. The monoisotopic (exact) mass is 354 g/mol. The molecule has 1 heterocycles. The van der Waals surface area contributed by atoms with Gasteiger partial charge in [0.2, 0.25) is 10.0 Å². The first-order chi connectivity index (χ1) is 11.3. The molecule has 1 aromatic carbocycles. The van der Waals surface area contributed by atoms with E-state index in [2.05, 4.69) is 0 Å². The first-order valence-corrected chi connectivity index (χ1v) is 9.23. The third-order valence-corrected chi connectivity index (χ3v) is 5.03. The molecule has 0 saturated carbocycles. The Morgan fingerprint density at radius 1 is 1.25 bits per heavy atom. The molecular formula is C15H22N4O4S. The molecule has 1 fully saturated rings. The van der Waals surface area contributed by atoms with Crippen LogP contribution in [0.3, 0.4) is 0 Å². The van der Waals surface area contributed by atoms with Gasteiger partial charge >= 0.3 is 5.97 Å². The van der Waals surface area contributed by atoms with Crippen LogP contribution in [0.2, 0.25) is 0 Å².